The fourth-order valence-corrected chi connectivity index (χ4v) is 4.30. The minimum Gasteiger partial charge on any atom is -0.372 e. The second-order valence-electron chi connectivity index (χ2n) is 8.18. The van der Waals surface area contributed by atoms with Gasteiger partial charge in [-0.05, 0) is 37.6 Å². The number of hydrogen-bond donors (Lipinski definition) is 1. The summed E-state index contributed by atoms with van der Waals surface area (Å²) in [5, 5.41) is 5.26. The normalized spacial score (nSPS) is 11.3. The number of rotatable bonds is 3. The van der Waals surface area contributed by atoms with Crippen molar-refractivity contribution in [1.29, 1.82) is 0 Å². The number of aryl methyl sites for hydroxylation is 3. The van der Waals surface area contributed by atoms with E-state index < -0.39 is 12.1 Å². The summed E-state index contributed by atoms with van der Waals surface area (Å²) >= 11 is 0. The third-order valence-corrected chi connectivity index (χ3v) is 6.08. The van der Waals surface area contributed by atoms with Gasteiger partial charge in [-0.2, -0.15) is 5.10 Å². The number of primary amides is 1. The summed E-state index contributed by atoms with van der Waals surface area (Å²) < 4.78 is 9.37. The Balaban J connectivity index is 1.72. The van der Waals surface area contributed by atoms with E-state index in [0.29, 0.717) is 5.52 Å². The molecule has 0 saturated carbocycles. The average molecular weight is 471 g/mol. The summed E-state index contributed by atoms with van der Waals surface area (Å²) in [4.78, 5) is 44.7. The number of fused-ring (bicyclic) bond motifs is 3. The Labute approximate surface area is 198 Å². The number of ether oxygens (including phenoxy) is 1. The van der Waals surface area contributed by atoms with Crippen molar-refractivity contribution in [1.82, 2.24) is 28.9 Å². The molecule has 5 aromatic rings. The molecular formula is C24H21N7O4. The zero-order valence-electron chi connectivity index (χ0n) is 19.4. The Morgan fingerprint density at radius 2 is 1.74 bits per heavy atom. The molecule has 4 aromatic heterocycles. The first-order chi connectivity index (χ1) is 16.7. The zero-order chi connectivity index (χ0) is 25.0. The van der Waals surface area contributed by atoms with Crippen molar-refractivity contribution in [3.05, 3.63) is 70.3 Å². The van der Waals surface area contributed by atoms with Crippen molar-refractivity contribution in [2.75, 3.05) is 0 Å². The smallest absolute Gasteiger partial charge is 0.372 e. The lowest BCUT2D eigenvalue weighted by atomic mass is 10.0. The molecule has 0 saturated heterocycles. The highest BCUT2D eigenvalue weighted by atomic mass is 16.6. The fraction of sp³-hybridized carbons (Fsp3) is 0.167. The number of carbonyl (C=O) groups excluding carboxylic acids is 2. The van der Waals surface area contributed by atoms with Crippen molar-refractivity contribution in [2.45, 2.75) is 13.8 Å². The average Bonchev–Trinajstić information content (AvgIpc) is 3.23. The lowest BCUT2D eigenvalue weighted by Crippen LogP contribution is -2.21. The molecule has 0 aliphatic rings. The fourth-order valence-electron chi connectivity index (χ4n) is 4.30. The summed E-state index contributed by atoms with van der Waals surface area (Å²) in [6.45, 7) is 3.80. The monoisotopic (exact) mass is 471 g/mol. The van der Waals surface area contributed by atoms with Crippen molar-refractivity contribution in [3.8, 4) is 16.8 Å². The van der Waals surface area contributed by atoms with Crippen LogP contribution in [0.5, 0.6) is 0 Å². The molecule has 0 fully saturated rings. The van der Waals surface area contributed by atoms with Crippen molar-refractivity contribution in [2.24, 2.45) is 19.8 Å². The van der Waals surface area contributed by atoms with Crippen LogP contribution in [0.25, 0.3) is 38.8 Å². The van der Waals surface area contributed by atoms with Crippen LogP contribution in [0.15, 0.2) is 47.5 Å². The molecule has 0 bridgehead atoms. The van der Waals surface area contributed by atoms with Gasteiger partial charge in [-0.15, -0.1) is 0 Å². The summed E-state index contributed by atoms with van der Waals surface area (Å²) in [6, 6.07) is 8.81. The van der Waals surface area contributed by atoms with Gasteiger partial charge in [0.05, 0.1) is 39.8 Å². The second kappa shape index (κ2) is 7.90. The standard InChI is InChI=1S/C24H21N7O4/c1-12-20(13(2)30(4)28-12)31-21-16-9-14(5-7-17(16)27-11-19(21)29(3)24(31)34)15-6-8-18(26-10-15)22(32)35-23(25)33/h5-11H,1-4H3,(H2,25,33). The molecule has 0 atom stereocenters. The lowest BCUT2D eigenvalue weighted by Gasteiger charge is -2.09. The van der Waals surface area contributed by atoms with E-state index in [0.717, 1.165) is 44.6 Å². The summed E-state index contributed by atoms with van der Waals surface area (Å²) in [7, 11) is 3.56. The van der Waals surface area contributed by atoms with Gasteiger partial charge in [0, 0.05) is 31.2 Å². The van der Waals surface area contributed by atoms with Gasteiger partial charge in [-0.25, -0.2) is 19.4 Å². The van der Waals surface area contributed by atoms with Crippen LogP contribution >= 0.6 is 0 Å². The van der Waals surface area contributed by atoms with Gasteiger partial charge in [0.15, 0.2) is 0 Å². The maximum absolute atomic E-state index is 13.4. The minimum absolute atomic E-state index is 0.0446. The first-order valence-electron chi connectivity index (χ1n) is 10.7. The predicted molar refractivity (Wildman–Crippen MR) is 128 cm³/mol. The Hall–Kier alpha value is -4.80. The molecule has 176 valence electrons. The SMILES string of the molecule is Cc1nn(C)c(C)c1-n1c(=O)n(C)c2cnc3ccc(-c4ccc(C(=O)OC(N)=O)nc4)cc3c21. The zero-order valence-corrected chi connectivity index (χ0v) is 19.4. The third kappa shape index (κ3) is 3.44. The molecule has 35 heavy (non-hydrogen) atoms. The quantitative estimate of drug-likeness (QED) is 0.315. The highest BCUT2D eigenvalue weighted by molar-refractivity contribution is 6.04. The molecule has 2 N–H and O–H groups in total. The topological polar surface area (TPSA) is 140 Å². The van der Waals surface area contributed by atoms with Gasteiger partial charge in [0.25, 0.3) is 0 Å². The molecule has 0 aliphatic carbocycles. The maximum Gasteiger partial charge on any atom is 0.412 e. The Morgan fingerprint density at radius 3 is 2.37 bits per heavy atom. The Morgan fingerprint density at radius 1 is 1.00 bits per heavy atom. The first-order valence-corrected chi connectivity index (χ1v) is 10.7. The summed E-state index contributed by atoms with van der Waals surface area (Å²) in [5.74, 6) is -0.927. The van der Waals surface area contributed by atoms with Gasteiger partial charge in [0.2, 0.25) is 0 Å². The van der Waals surface area contributed by atoms with Gasteiger partial charge in [0.1, 0.15) is 5.69 Å². The number of amides is 1. The van der Waals surface area contributed by atoms with Crippen LogP contribution in [-0.4, -0.2) is 40.9 Å². The van der Waals surface area contributed by atoms with E-state index in [9.17, 15) is 14.4 Å². The molecule has 4 heterocycles. The maximum atomic E-state index is 13.4. The van der Waals surface area contributed by atoms with E-state index >= 15 is 0 Å². The summed E-state index contributed by atoms with van der Waals surface area (Å²) in [6.07, 6.45) is 2.00. The third-order valence-electron chi connectivity index (χ3n) is 6.08. The van der Waals surface area contributed by atoms with Gasteiger partial charge in [-0.3, -0.25) is 18.8 Å². The van der Waals surface area contributed by atoms with Crippen LogP contribution in [0.2, 0.25) is 0 Å². The van der Waals surface area contributed by atoms with Crippen LogP contribution in [0.1, 0.15) is 21.9 Å². The van der Waals surface area contributed by atoms with E-state index in [4.69, 9.17) is 5.73 Å². The predicted octanol–water partition coefficient (Wildman–Crippen LogP) is 2.53. The first kappa shape index (κ1) is 22.0. The molecule has 11 nitrogen and oxygen atoms in total. The molecule has 0 unspecified atom stereocenters. The molecule has 1 amide bonds. The molecule has 0 radical (unpaired) electrons. The number of imidazole rings is 1. The minimum atomic E-state index is -1.19. The highest BCUT2D eigenvalue weighted by Crippen LogP contribution is 2.31. The number of nitrogens with zero attached hydrogens (tertiary/aromatic N) is 6. The molecule has 0 aliphatic heterocycles. The second-order valence-corrected chi connectivity index (χ2v) is 8.18. The van der Waals surface area contributed by atoms with Crippen LogP contribution in [-0.2, 0) is 18.8 Å². The van der Waals surface area contributed by atoms with Gasteiger partial charge >= 0.3 is 17.8 Å². The number of hydrogen-bond acceptors (Lipinski definition) is 7. The van der Waals surface area contributed by atoms with E-state index in [2.05, 4.69) is 19.8 Å². The van der Waals surface area contributed by atoms with Crippen LogP contribution in [0.3, 0.4) is 0 Å². The van der Waals surface area contributed by atoms with Crippen molar-refractivity contribution in [3.63, 3.8) is 0 Å². The van der Waals surface area contributed by atoms with E-state index in [1.54, 1.807) is 33.1 Å². The molecule has 0 spiro atoms. The van der Waals surface area contributed by atoms with E-state index in [-0.39, 0.29) is 11.4 Å². The van der Waals surface area contributed by atoms with Crippen molar-refractivity contribution >= 4 is 34.0 Å². The van der Waals surface area contributed by atoms with Crippen LogP contribution in [0, 0.1) is 13.8 Å². The van der Waals surface area contributed by atoms with E-state index in [1.807, 2.05) is 39.1 Å². The Bertz CT molecular complexity index is 1730. The van der Waals surface area contributed by atoms with Crippen molar-refractivity contribution < 1.29 is 14.3 Å². The largest absolute Gasteiger partial charge is 0.412 e. The molecule has 5 rings (SSSR count). The summed E-state index contributed by atoms with van der Waals surface area (Å²) in [5.41, 5.74) is 10.6. The number of carbonyl (C=O) groups is 2. The van der Waals surface area contributed by atoms with Crippen LogP contribution < -0.4 is 11.4 Å². The molecule has 11 heteroatoms. The lowest BCUT2D eigenvalue weighted by molar-refractivity contribution is 0.0632. The number of benzene rings is 1. The molecular weight excluding hydrogens is 450 g/mol. The number of pyridine rings is 2. The number of nitrogens with two attached hydrogens (primary N) is 1. The van der Waals surface area contributed by atoms with E-state index in [1.165, 1.54) is 12.3 Å². The van der Waals surface area contributed by atoms with Gasteiger partial charge < -0.3 is 10.5 Å². The van der Waals surface area contributed by atoms with Crippen LogP contribution in [0.4, 0.5) is 4.79 Å². The molecule has 1 aromatic carbocycles. The Kier molecular flexibility index (Phi) is 4.97. The number of esters is 1. The highest BCUT2D eigenvalue weighted by Gasteiger charge is 2.21. The van der Waals surface area contributed by atoms with Gasteiger partial charge in [-0.1, -0.05) is 12.1 Å². The number of aromatic nitrogens is 6.